The number of aromatic nitrogens is 2. The van der Waals surface area contributed by atoms with Crippen molar-refractivity contribution >= 4 is 17.3 Å². The number of piperidine rings is 2. The monoisotopic (exact) mass is 396 g/mol. The van der Waals surface area contributed by atoms with Gasteiger partial charge in [0.15, 0.2) is 0 Å². The van der Waals surface area contributed by atoms with Gasteiger partial charge in [0.2, 0.25) is 5.91 Å². The maximum Gasteiger partial charge on any atom is 0.257 e. The third-order valence-corrected chi connectivity index (χ3v) is 6.62. The number of fused-ring (bicyclic) bond motifs is 1. The number of carbonyl (C=O) groups excluding carboxylic acids is 2. The molecule has 2 amide bonds. The Balaban J connectivity index is 1.50. The van der Waals surface area contributed by atoms with Crippen LogP contribution >= 0.6 is 0 Å². The number of likely N-dealkylation sites (tertiary alicyclic amines) is 2. The Labute approximate surface area is 172 Å². The SMILES string of the molecule is CC1CCN(C(=O)c2cnn3ccc(C4CCN(C(=O)C(C)C)CC4)cc23)CC1. The maximum absolute atomic E-state index is 13.1. The van der Waals surface area contributed by atoms with Crippen molar-refractivity contribution in [3.05, 3.63) is 35.7 Å². The molecule has 0 atom stereocenters. The second-order valence-corrected chi connectivity index (χ2v) is 9.08. The highest BCUT2D eigenvalue weighted by molar-refractivity contribution is 6.00. The molecule has 2 aromatic heterocycles. The molecule has 2 fully saturated rings. The molecule has 0 radical (unpaired) electrons. The van der Waals surface area contributed by atoms with E-state index >= 15 is 0 Å². The lowest BCUT2D eigenvalue weighted by Gasteiger charge is -2.33. The summed E-state index contributed by atoms with van der Waals surface area (Å²) in [6.07, 6.45) is 7.76. The molecule has 4 heterocycles. The molecule has 6 nitrogen and oxygen atoms in total. The van der Waals surface area contributed by atoms with Gasteiger partial charge in [0, 0.05) is 38.3 Å². The van der Waals surface area contributed by atoms with Gasteiger partial charge in [-0.1, -0.05) is 20.8 Å². The van der Waals surface area contributed by atoms with Gasteiger partial charge in [-0.25, -0.2) is 4.52 Å². The van der Waals surface area contributed by atoms with Crippen LogP contribution in [0.2, 0.25) is 0 Å². The molecule has 2 saturated heterocycles. The van der Waals surface area contributed by atoms with Gasteiger partial charge in [-0.05, 0) is 55.2 Å². The Hall–Kier alpha value is -2.37. The topological polar surface area (TPSA) is 57.9 Å². The summed E-state index contributed by atoms with van der Waals surface area (Å²) in [6, 6.07) is 4.25. The van der Waals surface area contributed by atoms with E-state index in [4.69, 9.17) is 0 Å². The fraction of sp³-hybridized carbons (Fsp3) is 0.609. The number of hydrogen-bond donors (Lipinski definition) is 0. The number of rotatable bonds is 3. The van der Waals surface area contributed by atoms with Crippen molar-refractivity contribution in [1.29, 1.82) is 0 Å². The summed E-state index contributed by atoms with van der Waals surface area (Å²) in [4.78, 5) is 29.3. The van der Waals surface area contributed by atoms with E-state index in [1.54, 1.807) is 10.7 Å². The molecule has 0 bridgehead atoms. The molecular weight excluding hydrogens is 364 g/mol. The van der Waals surface area contributed by atoms with Crippen LogP contribution in [-0.2, 0) is 4.79 Å². The first-order valence-electron chi connectivity index (χ1n) is 11.0. The van der Waals surface area contributed by atoms with Gasteiger partial charge >= 0.3 is 0 Å². The highest BCUT2D eigenvalue weighted by atomic mass is 16.2. The van der Waals surface area contributed by atoms with Crippen LogP contribution in [0, 0.1) is 11.8 Å². The van der Waals surface area contributed by atoms with Crippen LogP contribution in [0.1, 0.15) is 68.3 Å². The largest absolute Gasteiger partial charge is 0.342 e. The van der Waals surface area contributed by atoms with Gasteiger partial charge in [-0.3, -0.25) is 9.59 Å². The number of hydrogen-bond acceptors (Lipinski definition) is 3. The highest BCUT2D eigenvalue weighted by Crippen LogP contribution is 2.30. The van der Waals surface area contributed by atoms with Crippen molar-refractivity contribution < 1.29 is 9.59 Å². The Bertz CT molecular complexity index is 887. The second kappa shape index (κ2) is 8.17. The van der Waals surface area contributed by atoms with Gasteiger partial charge in [0.05, 0.1) is 17.3 Å². The smallest absolute Gasteiger partial charge is 0.257 e. The summed E-state index contributed by atoms with van der Waals surface area (Å²) < 4.78 is 1.81. The average Bonchev–Trinajstić information content (AvgIpc) is 3.16. The van der Waals surface area contributed by atoms with Crippen LogP contribution in [0.15, 0.2) is 24.5 Å². The predicted octanol–water partition coefficient (Wildman–Crippen LogP) is 3.57. The van der Waals surface area contributed by atoms with Crippen molar-refractivity contribution in [2.45, 2.75) is 52.4 Å². The zero-order valence-electron chi connectivity index (χ0n) is 17.8. The summed E-state index contributed by atoms with van der Waals surface area (Å²) in [7, 11) is 0. The molecule has 2 aliphatic rings. The van der Waals surface area contributed by atoms with E-state index in [0.29, 0.717) is 17.4 Å². The van der Waals surface area contributed by atoms with E-state index in [1.807, 2.05) is 29.8 Å². The first kappa shape index (κ1) is 19.9. The minimum absolute atomic E-state index is 0.0565. The number of nitrogens with zero attached hydrogens (tertiary/aromatic N) is 4. The van der Waals surface area contributed by atoms with Crippen LogP contribution in [0.3, 0.4) is 0 Å². The van der Waals surface area contributed by atoms with Gasteiger partial charge in [-0.15, -0.1) is 0 Å². The molecule has 0 spiro atoms. The Morgan fingerprint density at radius 3 is 2.34 bits per heavy atom. The van der Waals surface area contributed by atoms with E-state index in [-0.39, 0.29) is 17.7 Å². The van der Waals surface area contributed by atoms with Crippen LogP contribution in [0.4, 0.5) is 0 Å². The van der Waals surface area contributed by atoms with E-state index in [0.717, 1.165) is 57.4 Å². The van der Waals surface area contributed by atoms with E-state index in [2.05, 4.69) is 24.2 Å². The average molecular weight is 397 g/mol. The molecule has 0 aromatic carbocycles. The van der Waals surface area contributed by atoms with Crippen LogP contribution < -0.4 is 0 Å². The first-order valence-corrected chi connectivity index (χ1v) is 11.0. The molecule has 2 aromatic rings. The first-order chi connectivity index (χ1) is 13.9. The summed E-state index contributed by atoms with van der Waals surface area (Å²) >= 11 is 0. The normalized spacial score (nSPS) is 19.3. The lowest BCUT2D eigenvalue weighted by atomic mass is 9.89. The third-order valence-electron chi connectivity index (χ3n) is 6.62. The van der Waals surface area contributed by atoms with E-state index < -0.39 is 0 Å². The van der Waals surface area contributed by atoms with Crippen LogP contribution in [-0.4, -0.2) is 57.4 Å². The summed E-state index contributed by atoms with van der Waals surface area (Å²) in [5.74, 6) is 1.52. The lowest BCUT2D eigenvalue weighted by Crippen LogP contribution is -2.40. The molecule has 0 N–H and O–H groups in total. The van der Waals surface area contributed by atoms with E-state index in [1.165, 1.54) is 5.56 Å². The Kier molecular flexibility index (Phi) is 5.61. The number of pyridine rings is 1. The van der Waals surface area contributed by atoms with Gasteiger partial charge in [-0.2, -0.15) is 5.10 Å². The predicted molar refractivity (Wildman–Crippen MR) is 113 cm³/mol. The molecule has 4 rings (SSSR count). The quantitative estimate of drug-likeness (QED) is 0.797. The highest BCUT2D eigenvalue weighted by Gasteiger charge is 2.27. The standard InChI is InChI=1S/C23H32N4O2/c1-16(2)22(28)25-11-6-18(7-12-25)19-8-13-27-21(14-19)20(15-24-27)23(29)26-9-4-17(3)5-10-26/h8,13-18H,4-7,9-12H2,1-3H3. The Morgan fingerprint density at radius 1 is 1.03 bits per heavy atom. The molecule has 0 unspecified atom stereocenters. The maximum atomic E-state index is 13.1. The van der Waals surface area contributed by atoms with Crippen molar-refractivity contribution in [3.8, 4) is 0 Å². The molecular formula is C23H32N4O2. The van der Waals surface area contributed by atoms with Gasteiger partial charge in [0.1, 0.15) is 0 Å². The van der Waals surface area contributed by atoms with Crippen LogP contribution in [0.5, 0.6) is 0 Å². The fourth-order valence-corrected chi connectivity index (χ4v) is 4.60. The summed E-state index contributed by atoms with van der Waals surface area (Å²) in [5, 5.41) is 4.41. The second-order valence-electron chi connectivity index (χ2n) is 9.08. The fourth-order valence-electron chi connectivity index (χ4n) is 4.60. The lowest BCUT2D eigenvalue weighted by molar-refractivity contribution is -0.135. The number of carbonyl (C=O) groups is 2. The van der Waals surface area contributed by atoms with Crippen LogP contribution in [0.25, 0.3) is 5.52 Å². The van der Waals surface area contributed by atoms with Gasteiger partial charge < -0.3 is 9.80 Å². The van der Waals surface area contributed by atoms with Crippen molar-refractivity contribution in [2.24, 2.45) is 11.8 Å². The Morgan fingerprint density at radius 2 is 1.69 bits per heavy atom. The van der Waals surface area contributed by atoms with E-state index in [9.17, 15) is 9.59 Å². The minimum Gasteiger partial charge on any atom is -0.342 e. The third kappa shape index (κ3) is 4.02. The molecule has 6 heteroatoms. The van der Waals surface area contributed by atoms with Crippen molar-refractivity contribution in [3.63, 3.8) is 0 Å². The van der Waals surface area contributed by atoms with Crippen molar-refractivity contribution in [2.75, 3.05) is 26.2 Å². The molecule has 156 valence electrons. The molecule has 0 aliphatic carbocycles. The number of amides is 2. The molecule has 29 heavy (non-hydrogen) atoms. The van der Waals surface area contributed by atoms with Gasteiger partial charge in [0.25, 0.3) is 5.91 Å². The minimum atomic E-state index is 0.0565. The molecule has 0 saturated carbocycles. The summed E-state index contributed by atoms with van der Waals surface area (Å²) in [5.41, 5.74) is 2.84. The summed E-state index contributed by atoms with van der Waals surface area (Å²) in [6.45, 7) is 9.46. The van der Waals surface area contributed by atoms with Crippen molar-refractivity contribution in [1.82, 2.24) is 19.4 Å². The zero-order chi connectivity index (χ0) is 20.5. The zero-order valence-corrected chi connectivity index (χ0v) is 17.8. The molecule has 2 aliphatic heterocycles.